The molecule has 0 radical (unpaired) electrons. The molecule has 0 amide bonds. The molecule has 2 nitrogen and oxygen atoms in total. The fourth-order valence-electron chi connectivity index (χ4n) is 1.91. The van der Waals surface area contributed by atoms with E-state index in [9.17, 15) is 0 Å². The molecule has 0 bridgehead atoms. The van der Waals surface area contributed by atoms with E-state index in [1.54, 1.807) is 0 Å². The summed E-state index contributed by atoms with van der Waals surface area (Å²) in [6.07, 6.45) is 9.22. The van der Waals surface area contributed by atoms with Crippen LogP contribution in [0.2, 0.25) is 0 Å². The van der Waals surface area contributed by atoms with Gasteiger partial charge in [-0.1, -0.05) is 39.2 Å². The van der Waals surface area contributed by atoms with Crippen molar-refractivity contribution < 1.29 is 0 Å². The first kappa shape index (κ1) is 13.7. The van der Waals surface area contributed by atoms with Crippen LogP contribution in [0.4, 0.5) is 0 Å². The van der Waals surface area contributed by atoms with E-state index in [2.05, 4.69) is 25.9 Å². The molecule has 0 aliphatic rings. The Morgan fingerprint density at radius 1 is 1.36 bits per heavy atom. The summed E-state index contributed by atoms with van der Waals surface area (Å²) in [5.74, 6) is 6.30. The quantitative estimate of drug-likeness (QED) is 0.339. The molecule has 0 aromatic heterocycles. The zero-order valence-corrected chi connectivity index (χ0v) is 9.76. The van der Waals surface area contributed by atoms with E-state index in [-0.39, 0.29) is 0 Å². The summed E-state index contributed by atoms with van der Waals surface area (Å²) in [5.41, 5.74) is 2.95. The normalized spacial score (nSPS) is 15.1. The summed E-state index contributed by atoms with van der Waals surface area (Å²) in [6, 6.07) is 0.463. The zero-order valence-electron chi connectivity index (χ0n) is 9.76. The second-order valence-electron chi connectivity index (χ2n) is 3.95. The molecule has 0 aromatic rings. The second-order valence-corrected chi connectivity index (χ2v) is 3.95. The molecule has 2 unspecified atom stereocenters. The van der Waals surface area contributed by atoms with Gasteiger partial charge in [0.15, 0.2) is 0 Å². The SMILES string of the molecule is C=CCCC(NN)C(CC)CCCC. The van der Waals surface area contributed by atoms with E-state index in [1.807, 2.05) is 6.08 Å². The Hall–Kier alpha value is -0.340. The third kappa shape index (κ3) is 5.40. The van der Waals surface area contributed by atoms with Gasteiger partial charge >= 0.3 is 0 Å². The summed E-state index contributed by atoms with van der Waals surface area (Å²) < 4.78 is 0. The highest BCUT2D eigenvalue weighted by atomic mass is 15.2. The number of nitrogens with one attached hydrogen (secondary N) is 1. The van der Waals surface area contributed by atoms with Crippen molar-refractivity contribution in [3.05, 3.63) is 12.7 Å². The van der Waals surface area contributed by atoms with Crippen LogP contribution in [-0.2, 0) is 0 Å². The van der Waals surface area contributed by atoms with Gasteiger partial charge in [0.2, 0.25) is 0 Å². The molecule has 2 heteroatoms. The van der Waals surface area contributed by atoms with Crippen LogP contribution in [-0.4, -0.2) is 6.04 Å². The molecule has 0 fully saturated rings. The minimum Gasteiger partial charge on any atom is -0.271 e. The van der Waals surface area contributed by atoms with Crippen molar-refractivity contribution in [2.24, 2.45) is 11.8 Å². The second kappa shape index (κ2) is 9.22. The van der Waals surface area contributed by atoms with Gasteiger partial charge in [-0.3, -0.25) is 11.3 Å². The Bertz CT molecular complexity index is 134. The van der Waals surface area contributed by atoms with Crippen LogP contribution in [0.25, 0.3) is 0 Å². The molecule has 0 aliphatic carbocycles. The van der Waals surface area contributed by atoms with Crippen molar-refractivity contribution in [2.75, 3.05) is 0 Å². The van der Waals surface area contributed by atoms with Gasteiger partial charge in [-0.15, -0.1) is 6.58 Å². The van der Waals surface area contributed by atoms with E-state index >= 15 is 0 Å². The van der Waals surface area contributed by atoms with Crippen molar-refractivity contribution in [3.63, 3.8) is 0 Å². The highest BCUT2D eigenvalue weighted by Crippen LogP contribution is 2.19. The molecule has 0 heterocycles. The van der Waals surface area contributed by atoms with Gasteiger partial charge < -0.3 is 0 Å². The van der Waals surface area contributed by atoms with Crippen LogP contribution in [0.3, 0.4) is 0 Å². The first-order chi connectivity index (χ1) is 6.79. The van der Waals surface area contributed by atoms with Gasteiger partial charge in [0.25, 0.3) is 0 Å². The fraction of sp³-hybridized carbons (Fsp3) is 0.833. The van der Waals surface area contributed by atoms with E-state index in [0.717, 1.165) is 18.8 Å². The summed E-state index contributed by atoms with van der Waals surface area (Å²) in [7, 11) is 0. The maximum Gasteiger partial charge on any atom is 0.0241 e. The monoisotopic (exact) mass is 198 g/mol. The van der Waals surface area contributed by atoms with Crippen LogP contribution in [0.15, 0.2) is 12.7 Å². The number of nitrogens with two attached hydrogens (primary N) is 1. The molecular weight excluding hydrogens is 172 g/mol. The van der Waals surface area contributed by atoms with Crippen LogP contribution in [0.1, 0.15) is 52.4 Å². The summed E-state index contributed by atoms with van der Waals surface area (Å²) in [6.45, 7) is 8.23. The molecule has 0 aromatic carbocycles. The maximum absolute atomic E-state index is 5.58. The van der Waals surface area contributed by atoms with Crippen molar-refractivity contribution in [1.82, 2.24) is 5.43 Å². The first-order valence-corrected chi connectivity index (χ1v) is 5.87. The summed E-state index contributed by atoms with van der Waals surface area (Å²) in [5, 5.41) is 0. The molecule has 84 valence electrons. The summed E-state index contributed by atoms with van der Waals surface area (Å²) in [4.78, 5) is 0. The van der Waals surface area contributed by atoms with Crippen molar-refractivity contribution >= 4 is 0 Å². The largest absolute Gasteiger partial charge is 0.271 e. The van der Waals surface area contributed by atoms with Gasteiger partial charge in [-0.25, -0.2) is 0 Å². The van der Waals surface area contributed by atoms with Gasteiger partial charge in [0, 0.05) is 6.04 Å². The molecule has 3 N–H and O–H groups in total. The van der Waals surface area contributed by atoms with E-state index in [4.69, 9.17) is 5.84 Å². The lowest BCUT2D eigenvalue weighted by molar-refractivity contribution is 0.307. The Balaban J connectivity index is 3.92. The number of hydrogen-bond acceptors (Lipinski definition) is 2. The van der Waals surface area contributed by atoms with Crippen molar-refractivity contribution in [2.45, 2.75) is 58.4 Å². The highest BCUT2D eigenvalue weighted by Gasteiger charge is 2.16. The lowest BCUT2D eigenvalue weighted by atomic mass is 9.89. The molecule has 14 heavy (non-hydrogen) atoms. The van der Waals surface area contributed by atoms with Crippen LogP contribution >= 0.6 is 0 Å². The zero-order chi connectivity index (χ0) is 10.8. The Kier molecular flexibility index (Phi) is 9.00. The molecular formula is C12H26N2. The standard InChI is InChI=1S/C12H26N2/c1-4-7-9-11(6-3)12(14-13)10-8-5-2/h5,11-12,14H,2,4,6-10,13H2,1,3H3. The average molecular weight is 198 g/mol. The Morgan fingerprint density at radius 2 is 2.07 bits per heavy atom. The van der Waals surface area contributed by atoms with Crippen LogP contribution in [0, 0.1) is 5.92 Å². The van der Waals surface area contributed by atoms with E-state index in [0.29, 0.717) is 6.04 Å². The maximum atomic E-state index is 5.58. The third-order valence-corrected chi connectivity index (χ3v) is 2.92. The predicted octanol–water partition coefficient (Wildman–Crippen LogP) is 3.00. The topological polar surface area (TPSA) is 38.0 Å². The molecule has 0 saturated carbocycles. The Morgan fingerprint density at radius 3 is 2.50 bits per heavy atom. The number of allylic oxidation sites excluding steroid dienone is 1. The number of hydrogen-bond donors (Lipinski definition) is 2. The smallest absolute Gasteiger partial charge is 0.0241 e. The molecule has 0 saturated heterocycles. The number of rotatable bonds is 9. The number of hydrazine groups is 1. The molecule has 0 rings (SSSR count). The molecule has 2 atom stereocenters. The molecule has 0 spiro atoms. The third-order valence-electron chi connectivity index (χ3n) is 2.92. The first-order valence-electron chi connectivity index (χ1n) is 5.87. The minimum absolute atomic E-state index is 0.463. The fourth-order valence-corrected chi connectivity index (χ4v) is 1.91. The van der Waals surface area contributed by atoms with Gasteiger partial charge in [-0.2, -0.15) is 0 Å². The van der Waals surface area contributed by atoms with Gasteiger partial charge in [0.05, 0.1) is 0 Å². The highest BCUT2D eigenvalue weighted by molar-refractivity contribution is 4.77. The predicted molar refractivity (Wildman–Crippen MR) is 63.8 cm³/mol. The number of unbranched alkanes of at least 4 members (excludes halogenated alkanes) is 1. The minimum atomic E-state index is 0.463. The lowest BCUT2D eigenvalue weighted by Gasteiger charge is -2.25. The van der Waals surface area contributed by atoms with E-state index < -0.39 is 0 Å². The lowest BCUT2D eigenvalue weighted by Crippen LogP contribution is -2.40. The molecule has 0 aliphatic heterocycles. The summed E-state index contributed by atoms with van der Waals surface area (Å²) >= 11 is 0. The van der Waals surface area contributed by atoms with Gasteiger partial charge in [-0.05, 0) is 25.2 Å². The van der Waals surface area contributed by atoms with Crippen molar-refractivity contribution in [3.8, 4) is 0 Å². The average Bonchev–Trinajstić information content (AvgIpc) is 2.23. The van der Waals surface area contributed by atoms with Gasteiger partial charge in [0.1, 0.15) is 0 Å². The van der Waals surface area contributed by atoms with Crippen molar-refractivity contribution in [1.29, 1.82) is 0 Å². The van der Waals surface area contributed by atoms with Crippen LogP contribution in [0.5, 0.6) is 0 Å². The Labute approximate surface area is 88.9 Å². The van der Waals surface area contributed by atoms with Crippen LogP contribution < -0.4 is 11.3 Å². The van der Waals surface area contributed by atoms with E-state index in [1.165, 1.54) is 25.7 Å².